The number of rotatable bonds is 6. The highest BCUT2D eigenvalue weighted by Crippen LogP contribution is 2.44. The van der Waals surface area contributed by atoms with E-state index in [1.165, 1.54) is 23.4 Å². The number of nitriles is 1. The number of hydrogen-bond acceptors (Lipinski definition) is 6. The average Bonchev–Trinajstić information content (AvgIpc) is 3.43. The number of carbonyl (C=O) groups excluding carboxylic acids is 1. The van der Waals surface area contributed by atoms with Crippen molar-refractivity contribution in [3.63, 3.8) is 0 Å². The van der Waals surface area contributed by atoms with E-state index in [2.05, 4.69) is 19.9 Å². The third-order valence-electron chi connectivity index (χ3n) is 5.00. The third kappa shape index (κ3) is 4.11. The first-order chi connectivity index (χ1) is 14.7. The highest BCUT2D eigenvalue weighted by Gasteiger charge is 2.55. The monoisotopic (exact) mass is 453 g/mol. The predicted molar refractivity (Wildman–Crippen MR) is 110 cm³/mol. The molecule has 0 atom stereocenters. The summed E-state index contributed by atoms with van der Waals surface area (Å²) in [6, 6.07) is 5.17. The fourth-order valence-electron chi connectivity index (χ4n) is 3.40. The quantitative estimate of drug-likeness (QED) is 0.550. The first-order valence-corrected chi connectivity index (χ1v) is 9.57. The Kier molecular flexibility index (Phi) is 5.18. The molecule has 1 aliphatic carbocycles. The molecular weight excluding hydrogens is 435 g/mol. The number of halogens is 4. The van der Waals surface area contributed by atoms with Gasteiger partial charge >= 0.3 is 6.18 Å². The lowest BCUT2D eigenvalue weighted by atomic mass is 10.2. The van der Waals surface area contributed by atoms with Gasteiger partial charge in [0.2, 0.25) is 5.91 Å². The van der Waals surface area contributed by atoms with Crippen LogP contribution >= 0.6 is 11.6 Å². The Morgan fingerprint density at radius 2 is 2.19 bits per heavy atom. The van der Waals surface area contributed by atoms with Gasteiger partial charge in [-0.3, -0.25) is 4.79 Å². The Morgan fingerprint density at radius 1 is 1.42 bits per heavy atom. The Morgan fingerprint density at radius 3 is 2.87 bits per heavy atom. The molecule has 164 valence electrons. The molecule has 8 nitrogen and oxygen atoms in total. The minimum absolute atomic E-state index is 0. The van der Waals surface area contributed by atoms with Crippen LogP contribution in [0, 0.1) is 11.3 Å². The molecule has 1 amide bonds. The second-order valence-corrected chi connectivity index (χ2v) is 7.50. The van der Waals surface area contributed by atoms with Crippen molar-refractivity contribution in [3.05, 3.63) is 35.7 Å². The van der Waals surface area contributed by atoms with Crippen LogP contribution in [0.15, 0.2) is 30.7 Å². The minimum Gasteiger partial charge on any atom is -0.345 e. The van der Waals surface area contributed by atoms with Gasteiger partial charge in [0.25, 0.3) is 0 Å². The maximum absolute atomic E-state index is 12.6. The second-order valence-electron chi connectivity index (χ2n) is 7.06. The van der Waals surface area contributed by atoms with Gasteiger partial charge < -0.3 is 15.2 Å². The van der Waals surface area contributed by atoms with Gasteiger partial charge in [0.15, 0.2) is 5.82 Å². The average molecular weight is 454 g/mol. The number of amides is 1. The number of fused-ring (bicyclic) bond motifs is 1. The van der Waals surface area contributed by atoms with Crippen molar-refractivity contribution in [2.75, 3.05) is 18.0 Å². The molecule has 0 radical (unpaired) electrons. The molecule has 2 N–H and O–H groups in total. The molecule has 1 aliphatic rings. The molecule has 0 unspecified atom stereocenters. The molecule has 0 aliphatic heterocycles. The lowest BCUT2D eigenvalue weighted by Gasteiger charge is -2.30. The van der Waals surface area contributed by atoms with E-state index in [0.29, 0.717) is 40.3 Å². The molecule has 12 heteroatoms. The van der Waals surface area contributed by atoms with E-state index >= 15 is 0 Å². The lowest BCUT2D eigenvalue weighted by molar-refractivity contribution is -0.139. The molecule has 4 rings (SSSR count). The third-order valence-corrected chi connectivity index (χ3v) is 5.20. The van der Waals surface area contributed by atoms with E-state index < -0.39 is 24.2 Å². The van der Waals surface area contributed by atoms with Crippen molar-refractivity contribution in [3.8, 4) is 17.5 Å². The normalized spacial score (nSPS) is 14.8. The first-order valence-electron chi connectivity index (χ1n) is 9.19. The maximum atomic E-state index is 12.6. The summed E-state index contributed by atoms with van der Waals surface area (Å²) >= 11 is 6.04. The number of alkyl halides is 3. The van der Waals surface area contributed by atoms with Crippen LogP contribution in [0.1, 0.15) is 15.7 Å². The molecule has 0 saturated heterocycles. The summed E-state index contributed by atoms with van der Waals surface area (Å²) in [4.78, 5) is 29.9. The predicted octanol–water partition coefficient (Wildman–Crippen LogP) is 3.71. The first kappa shape index (κ1) is 20.9. The largest absolute Gasteiger partial charge is 0.405 e. The van der Waals surface area contributed by atoms with E-state index in [1.54, 1.807) is 12.3 Å². The van der Waals surface area contributed by atoms with Crippen LogP contribution in [0.3, 0.4) is 0 Å². The molecule has 0 aromatic carbocycles. The van der Waals surface area contributed by atoms with Crippen LogP contribution in [-0.2, 0) is 4.79 Å². The highest BCUT2D eigenvalue weighted by molar-refractivity contribution is 6.31. The summed E-state index contributed by atoms with van der Waals surface area (Å²) in [5.74, 6) is -0.235. The highest BCUT2D eigenvalue weighted by atomic mass is 35.5. The van der Waals surface area contributed by atoms with Gasteiger partial charge in [0.05, 0.1) is 11.1 Å². The maximum Gasteiger partial charge on any atom is 0.405 e. The molecule has 3 aromatic heterocycles. The van der Waals surface area contributed by atoms with Gasteiger partial charge in [-0.15, -0.1) is 0 Å². The number of nitrogens with zero attached hydrogens (tertiary/aromatic N) is 5. The molecule has 3 heterocycles. The second kappa shape index (κ2) is 7.70. The Balaban J connectivity index is 0.00000193. The summed E-state index contributed by atoms with van der Waals surface area (Å²) in [7, 11) is 0. The van der Waals surface area contributed by atoms with E-state index in [9.17, 15) is 23.2 Å². The molecule has 31 heavy (non-hydrogen) atoms. The van der Waals surface area contributed by atoms with Crippen molar-refractivity contribution in [2.24, 2.45) is 0 Å². The van der Waals surface area contributed by atoms with Crippen molar-refractivity contribution >= 4 is 34.4 Å². The van der Waals surface area contributed by atoms with E-state index in [1.807, 2.05) is 11.4 Å². The lowest BCUT2D eigenvalue weighted by Crippen LogP contribution is -2.51. The van der Waals surface area contributed by atoms with E-state index in [0.717, 1.165) is 0 Å². The van der Waals surface area contributed by atoms with Crippen molar-refractivity contribution < 1.29 is 20.8 Å². The molecule has 0 spiro atoms. The van der Waals surface area contributed by atoms with Crippen LogP contribution in [0.4, 0.5) is 19.0 Å². The number of pyridine rings is 1. The van der Waals surface area contributed by atoms with E-state index in [-0.39, 0.29) is 15.2 Å². The summed E-state index contributed by atoms with van der Waals surface area (Å²) in [5.41, 5.74) is -0.0693. The molecular formula is C19H19ClF3N7O. The Hall–Kier alpha value is -3.39. The zero-order valence-electron chi connectivity index (χ0n) is 15.9. The van der Waals surface area contributed by atoms with Crippen LogP contribution < -0.4 is 10.2 Å². The van der Waals surface area contributed by atoms with Crippen molar-refractivity contribution in [1.82, 2.24) is 25.3 Å². The number of anilines is 1. The van der Waals surface area contributed by atoms with Crippen molar-refractivity contribution in [1.29, 1.82) is 5.26 Å². The fourth-order valence-corrected chi connectivity index (χ4v) is 3.56. The van der Waals surface area contributed by atoms with Gasteiger partial charge in [-0.1, -0.05) is 11.6 Å². The molecule has 3 aromatic rings. The number of aromatic nitrogens is 4. The van der Waals surface area contributed by atoms with E-state index in [4.69, 9.17) is 11.6 Å². The summed E-state index contributed by atoms with van der Waals surface area (Å²) in [6.45, 7) is -1.66. The smallest absolute Gasteiger partial charge is 0.345 e. The molecule has 1 fully saturated rings. The van der Waals surface area contributed by atoms with Crippen LogP contribution in [-0.4, -0.2) is 50.6 Å². The minimum atomic E-state index is -4.53. The number of carbonyl (C=O) groups is 1. The zero-order valence-corrected chi connectivity index (χ0v) is 16.6. The molecule has 1 saturated carbocycles. The van der Waals surface area contributed by atoms with Gasteiger partial charge in [0.1, 0.15) is 30.1 Å². The Bertz CT molecular complexity index is 1190. The number of H-pyrrole nitrogens is 1. The molecule has 0 bridgehead atoms. The summed E-state index contributed by atoms with van der Waals surface area (Å²) < 4.78 is 37.6. The van der Waals surface area contributed by atoms with Crippen LogP contribution in [0.5, 0.6) is 0 Å². The number of hydrogen-bond donors (Lipinski definition) is 2. The van der Waals surface area contributed by atoms with Crippen LogP contribution in [0.25, 0.3) is 22.4 Å². The number of nitrogens with one attached hydrogen (secondary N) is 2. The number of aromatic amines is 1. The Labute approximate surface area is 182 Å². The van der Waals surface area contributed by atoms with Crippen molar-refractivity contribution in [2.45, 2.75) is 24.6 Å². The SMILES string of the molecule is N#CCN(c1ccnc(-c2c[nH]c3ncc(Cl)cc23)n1)C1(C(=O)NCC(F)(F)F)CC1.[HH].[HH]. The topological polar surface area (TPSA) is 111 Å². The van der Waals surface area contributed by atoms with Gasteiger partial charge in [-0.25, -0.2) is 15.0 Å². The summed E-state index contributed by atoms with van der Waals surface area (Å²) in [5, 5.41) is 12.3. The summed E-state index contributed by atoms with van der Waals surface area (Å²) in [6.07, 6.45) is 0.701. The van der Waals surface area contributed by atoms with Gasteiger partial charge in [-0.05, 0) is 25.0 Å². The standard InChI is InChI=1S/C19H15ClF3N7O.2H2/c20-11-7-12-13(9-27-15(12)26-8-11)16-25-5-1-14(29-16)30(6-4-24)18(2-3-18)17(31)28-10-19(21,22)23;;/h1,5,7-9H,2-3,6,10H2,(H,26,27)(H,28,31);2*1H. The van der Waals surface area contributed by atoms with Crippen LogP contribution in [0.2, 0.25) is 5.02 Å². The zero-order chi connectivity index (χ0) is 22.2. The fraction of sp³-hybridized carbons (Fsp3) is 0.316. The van der Waals surface area contributed by atoms with Gasteiger partial charge in [-0.2, -0.15) is 18.4 Å². The van der Waals surface area contributed by atoms with Gasteiger partial charge in [0, 0.05) is 32.4 Å².